The molecule has 0 spiro atoms. The molecule has 0 fully saturated rings. The molecule has 0 aliphatic rings. The summed E-state index contributed by atoms with van der Waals surface area (Å²) in [4.78, 5) is 11.8. The van der Waals surface area contributed by atoms with Crippen LogP contribution in [0.1, 0.15) is 22.8 Å². The Labute approximate surface area is 122 Å². The van der Waals surface area contributed by atoms with E-state index < -0.39 is 11.6 Å². The molecule has 104 valence electrons. The molecule has 0 aliphatic carbocycles. The number of aliphatic hydroxyl groups is 1. The molecule has 0 aliphatic heterocycles. The highest BCUT2D eigenvalue weighted by molar-refractivity contribution is 7.99. The Morgan fingerprint density at radius 1 is 1.15 bits per heavy atom. The SMILES string of the molecule is CC(O)(CSc1cccc(C(=O)O)c1)c1ccccc1. The van der Waals surface area contributed by atoms with E-state index in [0.29, 0.717) is 5.75 Å². The molecule has 0 saturated heterocycles. The van der Waals surface area contributed by atoms with Crippen molar-refractivity contribution in [2.45, 2.75) is 17.4 Å². The van der Waals surface area contributed by atoms with Crippen LogP contribution >= 0.6 is 11.8 Å². The van der Waals surface area contributed by atoms with Gasteiger partial charge in [-0.15, -0.1) is 11.8 Å². The third-order valence-electron chi connectivity index (χ3n) is 3.00. The van der Waals surface area contributed by atoms with Crippen LogP contribution in [0, 0.1) is 0 Å². The molecule has 0 saturated carbocycles. The number of hydrogen-bond donors (Lipinski definition) is 2. The van der Waals surface area contributed by atoms with E-state index in [1.807, 2.05) is 36.4 Å². The number of carbonyl (C=O) groups is 1. The largest absolute Gasteiger partial charge is 0.478 e. The first-order chi connectivity index (χ1) is 9.49. The minimum Gasteiger partial charge on any atom is -0.478 e. The molecule has 0 bridgehead atoms. The first kappa shape index (κ1) is 14.6. The third kappa shape index (κ3) is 3.62. The fraction of sp³-hybridized carbons (Fsp3) is 0.188. The van der Waals surface area contributed by atoms with Crippen LogP contribution in [0.3, 0.4) is 0 Å². The molecule has 0 aromatic heterocycles. The molecule has 1 unspecified atom stereocenters. The van der Waals surface area contributed by atoms with E-state index >= 15 is 0 Å². The summed E-state index contributed by atoms with van der Waals surface area (Å²) >= 11 is 1.44. The fourth-order valence-electron chi connectivity index (χ4n) is 1.82. The molecule has 2 aromatic carbocycles. The second-order valence-corrected chi connectivity index (χ2v) is 5.81. The molecule has 20 heavy (non-hydrogen) atoms. The number of rotatable bonds is 5. The van der Waals surface area contributed by atoms with Gasteiger partial charge in [-0.2, -0.15) is 0 Å². The number of carboxylic acid groups (broad SMARTS) is 1. The Morgan fingerprint density at radius 3 is 2.50 bits per heavy atom. The average Bonchev–Trinajstić information content (AvgIpc) is 2.46. The number of carboxylic acids is 1. The van der Waals surface area contributed by atoms with Gasteiger partial charge >= 0.3 is 5.97 Å². The minimum absolute atomic E-state index is 0.259. The highest BCUT2D eigenvalue weighted by atomic mass is 32.2. The molecule has 4 heteroatoms. The maximum absolute atomic E-state index is 10.9. The average molecular weight is 288 g/mol. The second-order valence-electron chi connectivity index (χ2n) is 4.76. The summed E-state index contributed by atoms with van der Waals surface area (Å²) in [6, 6.07) is 16.2. The lowest BCUT2D eigenvalue weighted by atomic mass is 9.99. The molecule has 3 nitrogen and oxygen atoms in total. The van der Waals surface area contributed by atoms with E-state index in [2.05, 4.69) is 0 Å². The summed E-state index contributed by atoms with van der Waals surface area (Å²) in [5.74, 6) is -0.484. The smallest absolute Gasteiger partial charge is 0.335 e. The van der Waals surface area contributed by atoms with Crippen molar-refractivity contribution in [3.8, 4) is 0 Å². The second kappa shape index (κ2) is 6.11. The van der Waals surface area contributed by atoms with Crippen LogP contribution < -0.4 is 0 Å². The number of benzene rings is 2. The Kier molecular flexibility index (Phi) is 4.47. The quantitative estimate of drug-likeness (QED) is 0.828. The summed E-state index contributed by atoms with van der Waals surface area (Å²) < 4.78 is 0. The lowest BCUT2D eigenvalue weighted by Crippen LogP contribution is -2.24. The predicted molar refractivity (Wildman–Crippen MR) is 80.1 cm³/mol. The number of hydrogen-bond acceptors (Lipinski definition) is 3. The zero-order valence-electron chi connectivity index (χ0n) is 11.1. The Hall–Kier alpha value is -1.78. The Balaban J connectivity index is 2.08. The van der Waals surface area contributed by atoms with Gasteiger partial charge in [0.05, 0.1) is 11.2 Å². The van der Waals surface area contributed by atoms with Gasteiger partial charge in [0, 0.05) is 10.6 Å². The van der Waals surface area contributed by atoms with Gasteiger partial charge in [0.25, 0.3) is 0 Å². The topological polar surface area (TPSA) is 57.5 Å². The molecule has 0 heterocycles. The van der Waals surface area contributed by atoms with Crippen LogP contribution in [0.25, 0.3) is 0 Å². The van der Waals surface area contributed by atoms with E-state index in [4.69, 9.17) is 5.11 Å². The van der Waals surface area contributed by atoms with Gasteiger partial charge in [-0.1, -0.05) is 36.4 Å². The summed E-state index contributed by atoms with van der Waals surface area (Å²) in [6.07, 6.45) is 0. The van der Waals surface area contributed by atoms with Gasteiger partial charge in [-0.3, -0.25) is 0 Å². The van der Waals surface area contributed by atoms with Crippen LogP contribution in [0.4, 0.5) is 0 Å². The zero-order chi connectivity index (χ0) is 14.6. The molecule has 1 atom stereocenters. The van der Waals surface area contributed by atoms with Crippen molar-refractivity contribution in [1.82, 2.24) is 0 Å². The summed E-state index contributed by atoms with van der Waals surface area (Å²) in [5.41, 5.74) is 0.154. The highest BCUT2D eigenvalue weighted by Crippen LogP contribution is 2.29. The van der Waals surface area contributed by atoms with Gasteiger partial charge in [-0.05, 0) is 30.7 Å². The van der Waals surface area contributed by atoms with Crippen molar-refractivity contribution in [3.63, 3.8) is 0 Å². The van der Waals surface area contributed by atoms with E-state index in [9.17, 15) is 9.90 Å². The molecule has 2 rings (SSSR count). The molecule has 2 N–H and O–H groups in total. The molecule has 0 radical (unpaired) electrons. The maximum atomic E-state index is 10.9. The number of aromatic carboxylic acids is 1. The first-order valence-corrected chi connectivity index (χ1v) is 7.22. The monoisotopic (exact) mass is 288 g/mol. The Morgan fingerprint density at radius 2 is 1.85 bits per heavy atom. The molecular formula is C16H16O3S. The fourth-order valence-corrected chi connectivity index (χ4v) is 2.82. The van der Waals surface area contributed by atoms with E-state index in [-0.39, 0.29) is 5.56 Å². The van der Waals surface area contributed by atoms with Gasteiger partial charge in [0.1, 0.15) is 0 Å². The molecule has 0 amide bonds. The number of thioether (sulfide) groups is 1. The van der Waals surface area contributed by atoms with Gasteiger partial charge in [0.2, 0.25) is 0 Å². The van der Waals surface area contributed by atoms with Crippen LogP contribution in [0.15, 0.2) is 59.5 Å². The van der Waals surface area contributed by atoms with Crippen LogP contribution in [0.2, 0.25) is 0 Å². The van der Waals surface area contributed by atoms with E-state index in [0.717, 1.165) is 10.5 Å². The van der Waals surface area contributed by atoms with Gasteiger partial charge in [0.15, 0.2) is 0 Å². The predicted octanol–water partition coefficient (Wildman–Crippen LogP) is 3.38. The van der Waals surface area contributed by atoms with Gasteiger partial charge in [-0.25, -0.2) is 4.79 Å². The summed E-state index contributed by atoms with van der Waals surface area (Å²) in [7, 11) is 0. The third-order valence-corrected chi connectivity index (χ3v) is 4.29. The lowest BCUT2D eigenvalue weighted by Gasteiger charge is -2.23. The normalized spacial score (nSPS) is 13.7. The van der Waals surface area contributed by atoms with Crippen molar-refractivity contribution < 1.29 is 15.0 Å². The Bertz CT molecular complexity index is 594. The summed E-state index contributed by atoms with van der Waals surface area (Å²) in [5, 5.41) is 19.4. The summed E-state index contributed by atoms with van der Waals surface area (Å²) in [6.45, 7) is 1.76. The van der Waals surface area contributed by atoms with Crippen molar-refractivity contribution in [2.75, 3.05) is 5.75 Å². The maximum Gasteiger partial charge on any atom is 0.335 e. The molecule has 2 aromatic rings. The zero-order valence-corrected chi connectivity index (χ0v) is 11.9. The van der Waals surface area contributed by atoms with Crippen molar-refractivity contribution in [3.05, 3.63) is 65.7 Å². The molecular weight excluding hydrogens is 272 g/mol. The van der Waals surface area contributed by atoms with Crippen LogP contribution in [-0.4, -0.2) is 21.9 Å². The minimum atomic E-state index is -0.953. The van der Waals surface area contributed by atoms with Crippen LogP contribution in [0.5, 0.6) is 0 Å². The van der Waals surface area contributed by atoms with Crippen molar-refractivity contribution >= 4 is 17.7 Å². The van der Waals surface area contributed by atoms with E-state index in [1.54, 1.807) is 25.1 Å². The lowest BCUT2D eigenvalue weighted by molar-refractivity contribution is 0.0696. The van der Waals surface area contributed by atoms with Gasteiger partial charge < -0.3 is 10.2 Å². The highest BCUT2D eigenvalue weighted by Gasteiger charge is 2.23. The van der Waals surface area contributed by atoms with Crippen LogP contribution in [-0.2, 0) is 5.60 Å². The standard InChI is InChI=1S/C16H16O3S/c1-16(19,13-7-3-2-4-8-13)11-20-14-9-5-6-12(10-14)15(17)18/h2-10,19H,11H2,1H3,(H,17,18). The van der Waals surface area contributed by atoms with Crippen molar-refractivity contribution in [2.24, 2.45) is 0 Å². The van der Waals surface area contributed by atoms with Crippen molar-refractivity contribution in [1.29, 1.82) is 0 Å². The van der Waals surface area contributed by atoms with E-state index in [1.165, 1.54) is 11.8 Å². The first-order valence-electron chi connectivity index (χ1n) is 6.23.